The number of aromatic nitrogens is 4. The zero-order chi connectivity index (χ0) is 20.7. The van der Waals surface area contributed by atoms with Crippen molar-refractivity contribution in [3.8, 4) is 22.4 Å². The maximum atomic E-state index is 4.73. The highest BCUT2D eigenvalue weighted by Gasteiger charge is 2.20. The van der Waals surface area contributed by atoms with Crippen molar-refractivity contribution in [2.75, 3.05) is 0 Å². The van der Waals surface area contributed by atoms with E-state index in [1.54, 1.807) is 0 Å². The zero-order valence-electron chi connectivity index (χ0n) is 17.3. The van der Waals surface area contributed by atoms with Crippen LogP contribution in [-0.2, 0) is 12.8 Å². The molecule has 0 bridgehead atoms. The van der Waals surface area contributed by atoms with Crippen molar-refractivity contribution in [3.05, 3.63) is 71.4 Å². The Morgan fingerprint density at radius 2 is 1.61 bits per heavy atom. The summed E-state index contributed by atoms with van der Waals surface area (Å²) in [5, 5.41) is 2.60. The first-order valence-corrected chi connectivity index (χ1v) is 11.5. The van der Waals surface area contributed by atoms with E-state index in [1.807, 2.05) is 25.2 Å². The van der Waals surface area contributed by atoms with Gasteiger partial charge in [-0.1, -0.05) is 36.4 Å². The lowest BCUT2D eigenvalue weighted by atomic mass is 9.89. The van der Waals surface area contributed by atoms with Gasteiger partial charge in [0.2, 0.25) is 0 Å². The lowest BCUT2D eigenvalue weighted by molar-refractivity contribution is 0.905. The third-order valence-electron chi connectivity index (χ3n) is 6.45. The number of rotatable bonds is 1. The van der Waals surface area contributed by atoms with E-state index in [1.165, 1.54) is 48.1 Å². The minimum absolute atomic E-state index is 0.963. The molecule has 7 rings (SSSR count). The maximum absolute atomic E-state index is 4.73. The smallest absolute Gasteiger partial charge is 0.106 e. The number of thiophene rings is 1. The van der Waals surface area contributed by atoms with Gasteiger partial charge in [-0.15, -0.1) is 11.3 Å². The van der Waals surface area contributed by atoms with E-state index < -0.39 is 0 Å². The molecule has 1 aliphatic rings. The van der Waals surface area contributed by atoms with Crippen LogP contribution in [0.25, 0.3) is 53.6 Å². The number of aromatic amines is 2. The number of nitrogens with one attached hydrogen (secondary N) is 2. The Labute approximate surface area is 183 Å². The number of hydrogen-bond acceptors (Lipinski definition) is 3. The Morgan fingerprint density at radius 1 is 0.806 bits per heavy atom. The number of imidazole rings is 2. The van der Waals surface area contributed by atoms with Crippen molar-refractivity contribution in [1.82, 2.24) is 19.9 Å². The van der Waals surface area contributed by atoms with Crippen LogP contribution in [-0.4, -0.2) is 19.9 Å². The molecule has 3 aromatic carbocycles. The van der Waals surface area contributed by atoms with Gasteiger partial charge in [0.25, 0.3) is 0 Å². The first-order valence-electron chi connectivity index (χ1n) is 10.6. The normalized spacial score (nSPS) is 13.2. The first kappa shape index (κ1) is 17.3. The van der Waals surface area contributed by atoms with Crippen LogP contribution in [0.1, 0.15) is 22.9 Å². The summed E-state index contributed by atoms with van der Waals surface area (Å²) in [6.45, 7) is 4.05. The molecule has 3 heterocycles. The molecule has 4 nitrogen and oxygen atoms in total. The van der Waals surface area contributed by atoms with Gasteiger partial charge in [-0.25, -0.2) is 9.97 Å². The first-order chi connectivity index (χ1) is 15.1. The van der Waals surface area contributed by atoms with E-state index in [0.717, 1.165) is 41.2 Å². The van der Waals surface area contributed by atoms with Gasteiger partial charge in [0.15, 0.2) is 0 Å². The van der Waals surface area contributed by atoms with Crippen molar-refractivity contribution in [1.29, 1.82) is 0 Å². The van der Waals surface area contributed by atoms with Crippen molar-refractivity contribution in [3.63, 3.8) is 0 Å². The number of nitrogens with zero attached hydrogens (tertiary/aromatic N) is 2. The Kier molecular flexibility index (Phi) is 3.37. The monoisotopic (exact) mass is 420 g/mol. The number of aryl methyl sites for hydroxylation is 4. The van der Waals surface area contributed by atoms with E-state index >= 15 is 0 Å². The second kappa shape index (κ2) is 6.05. The zero-order valence-corrected chi connectivity index (χ0v) is 18.2. The number of hydrogen-bond donors (Lipinski definition) is 2. The molecular weight excluding hydrogens is 400 g/mol. The van der Waals surface area contributed by atoms with E-state index in [2.05, 4.69) is 58.5 Å². The van der Waals surface area contributed by atoms with Gasteiger partial charge < -0.3 is 9.97 Å². The minimum atomic E-state index is 0.963. The molecule has 5 heteroatoms. The van der Waals surface area contributed by atoms with Crippen LogP contribution in [0.5, 0.6) is 0 Å². The maximum Gasteiger partial charge on any atom is 0.106 e. The molecule has 3 aromatic heterocycles. The predicted molar refractivity (Wildman–Crippen MR) is 129 cm³/mol. The van der Waals surface area contributed by atoms with Gasteiger partial charge >= 0.3 is 0 Å². The molecule has 1 aliphatic carbocycles. The quantitative estimate of drug-likeness (QED) is 0.311. The van der Waals surface area contributed by atoms with Crippen molar-refractivity contribution >= 4 is 42.5 Å². The van der Waals surface area contributed by atoms with E-state index in [-0.39, 0.29) is 0 Å². The van der Waals surface area contributed by atoms with Gasteiger partial charge in [0.05, 0.1) is 15.9 Å². The van der Waals surface area contributed by atoms with E-state index in [4.69, 9.17) is 9.97 Å². The predicted octanol–water partition coefficient (Wildman–Crippen LogP) is 6.70. The van der Waals surface area contributed by atoms with Gasteiger partial charge in [0, 0.05) is 26.7 Å². The largest absolute Gasteiger partial charge is 0.346 e. The molecule has 0 spiro atoms. The molecule has 150 valence electrons. The summed E-state index contributed by atoms with van der Waals surface area (Å²) in [5.41, 5.74) is 9.79. The summed E-state index contributed by atoms with van der Waals surface area (Å²) in [4.78, 5) is 16.2. The van der Waals surface area contributed by atoms with Crippen molar-refractivity contribution in [2.24, 2.45) is 0 Å². The summed E-state index contributed by atoms with van der Waals surface area (Å²) >= 11 is 1.84. The van der Waals surface area contributed by atoms with Crippen LogP contribution in [0.4, 0.5) is 0 Å². The Morgan fingerprint density at radius 3 is 2.55 bits per heavy atom. The molecule has 31 heavy (non-hydrogen) atoms. The van der Waals surface area contributed by atoms with Gasteiger partial charge in [-0.3, -0.25) is 0 Å². The van der Waals surface area contributed by atoms with Crippen molar-refractivity contribution < 1.29 is 0 Å². The third-order valence-corrected chi connectivity index (χ3v) is 7.62. The molecule has 0 amide bonds. The fourth-order valence-electron chi connectivity index (χ4n) is 5.02. The molecule has 6 aromatic rings. The summed E-state index contributed by atoms with van der Waals surface area (Å²) in [6, 6.07) is 18.1. The molecule has 0 atom stereocenters. The Hall–Kier alpha value is -3.44. The molecule has 0 radical (unpaired) electrons. The Bertz CT molecular complexity index is 1660. The summed E-state index contributed by atoms with van der Waals surface area (Å²) in [7, 11) is 0. The van der Waals surface area contributed by atoms with Crippen LogP contribution in [0, 0.1) is 13.8 Å². The van der Waals surface area contributed by atoms with Crippen molar-refractivity contribution in [2.45, 2.75) is 26.7 Å². The highest BCUT2D eigenvalue weighted by molar-refractivity contribution is 7.26. The van der Waals surface area contributed by atoms with Crippen LogP contribution in [0.2, 0.25) is 0 Å². The third kappa shape index (κ3) is 2.47. The van der Waals surface area contributed by atoms with Gasteiger partial charge in [0.1, 0.15) is 17.2 Å². The van der Waals surface area contributed by atoms with Crippen LogP contribution in [0.3, 0.4) is 0 Å². The highest BCUT2D eigenvalue weighted by atomic mass is 32.1. The molecular formula is C26H20N4S. The lowest BCUT2D eigenvalue weighted by Gasteiger charge is -2.16. The molecule has 2 N–H and O–H groups in total. The molecule has 0 aliphatic heterocycles. The summed E-state index contributed by atoms with van der Waals surface area (Å²) in [5.74, 6) is 1.96. The summed E-state index contributed by atoms with van der Waals surface area (Å²) in [6.07, 6.45) is 2.08. The number of H-pyrrole nitrogens is 2. The molecule has 0 unspecified atom stereocenters. The molecule has 0 saturated carbocycles. The molecule has 0 fully saturated rings. The number of benzene rings is 3. The second-order valence-corrected chi connectivity index (χ2v) is 9.55. The Balaban J connectivity index is 1.38. The molecule has 0 saturated heterocycles. The fourth-order valence-corrected chi connectivity index (χ4v) is 6.26. The summed E-state index contributed by atoms with van der Waals surface area (Å²) < 4.78 is 2.57. The van der Waals surface area contributed by atoms with E-state index in [0.29, 0.717) is 0 Å². The van der Waals surface area contributed by atoms with Crippen LogP contribution >= 0.6 is 11.3 Å². The average molecular weight is 421 g/mol. The van der Waals surface area contributed by atoms with Crippen LogP contribution in [0.15, 0.2) is 48.5 Å². The standard InChI is InChI=1S/C26H20N4S/c1-13-27-21-9-5-17-11-15(3-6-18(17)24(21)29-13)16-4-7-19-20-8-10-22-25(30-14(2)28-22)26(20)31-23(19)12-16/h3-4,6-8,10-12H,5,9H2,1-2H3,(H,27,29)(H,28,30). The van der Waals surface area contributed by atoms with Gasteiger partial charge in [-0.2, -0.15) is 0 Å². The topological polar surface area (TPSA) is 57.4 Å². The SMILES string of the molecule is Cc1nc2c([nH]1)CCc1cc(-c3ccc4c(c3)sc3c4ccc4[nH]c(C)nc43)ccc1-2. The average Bonchev–Trinajstić information content (AvgIpc) is 3.45. The van der Waals surface area contributed by atoms with Gasteiger partial charge in [-0.05, 0) is 55.5 Å². The fraction of sp³-hybridized carbons (Fsp3) is 0.154. The lowest BCUT2D eigenvalue weighted by Crippen LogP contribution is -2.03. The van der Waals surface area contributed by atoms with E-state index in [9.17, 15) is 0 Å². The van der Waals surface area contributed by atoms with Crippen LogP contribution < -0.4 is 0 Å². The highest BCUT2D eigenvalue weighted by Crippen LogP contribution is 2.40. The number of fused-ring (bicyclic) bond motifs is 8. The second-order valence-electron chi connectivity index (χ2n) is 8.49. The minimum Gasteiger partial charge on any atom is -0.346 e.